The topological polar surface area (TPSA) is 49.8 Å². The number of aromatic nitrogens is 2. The van der Waals surface area contributed by atoms with Gasteiger partial charge in [0.15, 0.2) is 0 Å². The lowest BCUT2D eigenvalue weighted by atomic mass is 10.1. The SMILES string of the molecule is Cc1cc(Nc2ccccc2C)nc(Nc2cccc(C)c2C)n1. The third-order valence-electron chi connectivity index (χ3n) is 4.11. The highest BCUT2D eigenvalue weighted by molar-refractivity contribution is 5.64. The van der Waals surface area contributed by atoms with Crippen molar-refractivity contribution in [3.05, 3.63) is 70.9 Å². The van der Waals surface area contributed by atoms with Crippen molar-refractivity contribution in [2.45, 2.75) is 27.7 Å². The highest BCUT2D eigenvalue weighted by atomic mass is 15.1. The van der Waals surface area contributed by atoms with E-state index < -0.39 is 0 Å². The van der Waals surface area contributed by atoms with Crippen LogP contribution in [-0.2, 0) is 0 Å². The van der Waals surface area contributed by atoms with Gasteiger partial charge in [0.2, 0.25) is 5.95 Å². The van der Waals surface area contributed by atoms with E-state index in [2.05, 4.69) is 53.5 Å². The predicted octanol–water partition coefficient (Wildman–Crippen LogP) is 5.20. The van der Waals surface area contributed by atoms with Crippen LogP contribution in [0.4, 0.5) is 23.1 Å². The number of nitrogens with one attached hydrogen (secondary N) is 2. The largest absolute Gasteiger partial charge is 0.340 e. The Hall–Kier alpha value is -2.88. The van der Waals surface area contributed by atoms with Gasteiger partial charge in [0.25, 0.3) is 0 Å². The molecule has 1 aromatic heterocycles. The van der Waals surface area contributed by atoms with Crippen molar-refractivity contribution in [2.75, 3.05) is 10.6 Å². The van der Waals surface area contributed by atoms with E-state index in [1.54, 1.807) is 0 Å². The third-order valence-corrected chi connectivity index (χ3v) is 4.11. The number of para-hydroxylation sites is 1. The van der Waals surface area contributed by atoms with Crippen LogP contribution in [0.1, 0.15) is 22.4 Å². The van der Waals surface area contributed by atoms with E-state index in [1.807, 2.05) is 43.3 Å². The molecule has 0 aliphatic heterocycles. The van der Waals surface area contributed by atoms with Crippen LogP contribution < -0.4 is 10.6 Å². The lowest BCUT2D eigenvalue weighted by Gasteiger charge is -2.13. The fourth-order valence-corrected chi connectivity index (χ4v) is 2.55. The van der Waals surface area contributed by atoms with Gasteiger partial charge < -0.3 is 10.6 Å². The molecule has 0 spiro atoms. The molecule has 0 radical (unpaired) electrons. The number of hydrogen-bond donors (Lipinski definition) is 2. The molecule has 0 aliphatic rings. The number of benzene rings is 2. The molecule has 2 aromatic carbocycles. The Morgan fingerprint density at radius 1 is 0.708 bits per heavy atom. The Labute approximate surface area is 143 Å². The second kappa shape index (κ2) is 6.71. The maximum atomic E-state index is 4.60. The minimum absolute atomic E-state index is 0.597. The molecule has 2 N–H and O–H groups in total. The Morgan fingerprint density at radius 2 is 1.42 bits per heavy atom. The zero-order valence-corrected chi connectivity index (χ0v) is 14.5. The van der Waals surface area contributed by atoms with E-state index in [4.69, 9.17) is 0 Å². The van der Waals surface area contributed by atoms with Gasteiger partial charge in [-0.3, -0.25) is 0 Å². The van der Waals surface area contributed by atoms with Gasteiger partial charge in [-0.25, -0.2) is 4.98 Å². The van der Waals surface area contributed by atoms with E-state index in [9.17, 15) is 0 Å². The number of rotatable bonds is 4. The van der Waals surface area contributed by atoms with Crippen molar-refractivity contribution in [1.82, 2.24) is 9.97 Å². The fourth-order valence-electron chi connectivity index (χ4n) is 2.55. The summed E-state index contributed by atoms with van der Waals surface area (Å²) in [5, 5.41) is 6.71. The monoisotopic (exact) mass is 318 g/mol. The van der Waals surface area contributed by atoms with Crippen molar-refractivity contribution >= 4 is 23.1 Å². The number of hydrogen-bond acceptors (Lipinski definition) is 4. The lowest BCUT2D eigenvalue weighted by molar-refractivity contribution is 1.10. The van der Waals surface area contributed by atoms with Gasteiger partial charge in [0.1, 0.15) is 5.82 Å². The molecule has 0 fully saturated rings. The van der Waals surface area contributed by atoms with Crippen molar-refractivity contribution < 1.29 is 0 Å². The van der Waals surface area contributed by atoms with Gasteiger partial charge in [-0.1, -0.05) is 30.3 Å². The molecule has 24 heavy (non-hydrogen) atoms. The second-order valence-corrected chi connectivity index (χ2v) is 6.03. The summed E-state index contributed by atoms with van der Waals surface area (Å²) in [6.07, 6.45) is 0. The summed E-state index contributed by atoms with van der Waals surface area (Å²) in [6.45, 7) is 8.24. The van der Waals surface area contributed by atoms with Gasteiger partial charge in [0, 0.05) is 23.1 Å². The van der Waals surface area contributed by atoms with E-state index >= 15 is 0 Å². The maximum absolute atomic E-state index is 4.60. The zero-order chi connectivity index (χ0) is 17.1. The normalized spacial score (nSPS) is 10.5. The van der Waals surface area contributed by atoms with E-state index in [0.717, 1.165) is 22.9 Å². The fraction of sp³-hybridized carbons (Fsp3) is 0.200. The Morgan fingerprint density at radius 3 is 2.21 bits per heavy atom. The van der Waals surface area contributed by atoms with E-state index in [-0.39, 0.29) is 0 Å². The molecule has 0 aliphatic carbocycles. The molecule has 0 bridgehead atoms. The average Bonchev–Trinajstić information content (AvgIpc) is 2.54. The van der Waals surface area contributed by atoms with Crippen LogP contribution in [0.5, 0.6) is 0 Å². The highest BCUT2D eigenvalue weighted by Crippen LogP contribution is 2.24. The first-order valence-corrected chi connectivity index (χ1v) is 8.04. The van der Waals surface area contributed by atoms with Crippen LogP contribution in [0.15, 0.2) is 48.5 Å². The summed E-state index contributed by atoms with van der Waals surface area (Å²) in [5.74, 6) is 1.38. The molecule has 0 atom stereocenters. The Bertz CT molecular complexity index is 871. The van der Waals surface area contributed by atoms with Gasteiger partial charge in [-0.05, 0) is 56.5 Å². The first-order valence-electron chi connectivity index (χ1n) is 8.04. The minimum atomic E-state index is 0.597. The Kier molecular flexibility index (Phi) is 4.47. The molecule has 3 aromatic rings. The van der Waals surface area contributed by atoms with E-state index in [1.165, 1.54) is 16.7 Å². The molecule has 4 nitrogen and oxygen atoms in total. The summed E-state index contributed by atoms with van der Waals surface area (Å²) in [6, 6.07) is 16.3. The molecule has 122 valence electrons. The number of aryl methyl sites for hydroxylation is 3. The van der Waals surface area contributed by atoms with Crippen molar-refractivity contribution in [3.8, 4) is 0 Å². The standard InChI is InChI=1S/C20H22N4/c1-13-9-7-11-18(16(13)4)23-20-21-15(3)12-19(24-20)22-17-10-6-5-8-14(17)2/h5-12H,1-4H3,(H2,21,22,23,24). The van der Waals surface area contributed by atoms with Crippen LogP contribution in [-0.4, -0.2) is 9.97 Å². The summed E-state index contributed by atoms with van der Waals surface area (Å²) >= 11 is 0. The molecular formula is C20H22N4. The van der Waals surface area contributed by atoms with Crippen LogP contribution >= 0.6 is 0 Å². The third kappa shape index (κ3) is 3.54. The van der Waals surface area contributed by atoms with E-state index in [0.29, 0.717) is 5.95 Å². The van der Waals surface area contributed by atoms with Crippen molar-refractivity contribution in [2.24, 2.45) is 0 Å². The maximum Gasteiger partial charge on any atom is 0.229 e. The molecular weight excluding hydrogens is 296 g/mol. The van der Waals surface area contributed by atoms with Gasteiger partial charge in [-0.2, -0.15) is 4.98 Å². The average molecular weight is 318 g/mol. The second-order valence-electron chi connectivity index (χ2n) is 6.03. The number of nitrogens with zero attached hydrogens (tertiary/aromatic N) is 2. The first kappa shape index (κ1) is 16.0. The van der Waals surface area contributed by atoms with Crippen molar-refractivity contribution in [3.63, 3.8) is 0 Å². The molecule has 0 saturated carbocycles. The minimum Gasteiger partial charge on any atom is -0.340 e. The summed E-state index contributed by atoms with van der Waals surface area (Å²) in [4.78, 5) is 9.10. The molecule has 0 unspecified atom stereocenters. The summed E-state index contributed by atoms with van der Waals surface area (Å²) in [5.41, 5.74) is 6.62. The van der Waals surface area contributed by atoms with Crippen molar-refractivity contribution in [1.29, 1.82) is 0 Å². The number of anilines is 4. The van der Waals surface area contributed by atoms with Crippen LogP contribution in [0.3, 0.4) is 0 Å². The molecule has 1 heterocycles. The molecule has 0 amide bonds. The molecule has 0 saturated heterocycles. The molecule has 4 heteroatoms. The lowest BCUT2D eigenvalue weighted by Crippen LogP contribution is -2.04. The summed E-state index contributed by atoms with van der Waals surface area (Å²) < 4.78 is 0. The van der Waals surface area contributed by atoms with Gasteiger partial charge >= 0.3 is 0 Å². The van der Waals surface area contributed by atoms with Crippen LogP contribution in [0.25, 0.3) is 0 Å². The zero-order valence-electron chi connectivity index (χ0n) is 14.5. The predicted molar refractivity (Wildman–Crippen MR) is 100 cm³/mol. The Balaban J connectivity index is 1.89. The highest BCUT2D eigenvalue weighted by Gasteiger charge is 2.07. The van der Waals surface area contributed by atoms with Crippen LogP contribution in [0.2, 0.25) is 0 Å². The van der Waals surface area contributed by atoms with Gasteiger partial charge in [-0.15, -0.1) is 0 Å². The smallest absolute Gasteiger partial charge is 0.229 e. The quantitative estimate of drug-likeness (QED) is 0.694. The van der Waals surface area contributed by atoms with Crippen LogP contribution in [0, 0.1) is 27.7 Å². The first-order chi connectivity index (χ1) is 11.5. The van der Waals surface area contributed by atoms with Gasteiger partial charge in [0.05, 0.1) is 0 Å². The molecule has 3 rings (SSSR count). The summed E-state index contributed by atoms with van der Waals surface area (Å²) in [7, 11) is 0.